The third-order valence-electron chi connectivity index (χ3n) is 6.29. The molecule has 8 heteroatoms. The summed E-state index contributed by atoms with van der Waals surface area (Å²) in [6.07, 6.45) is 0.800. The van der Waals surface area contributed by atoms with Crippen LogP contribution in [0.2, 0.25) is 0 Å². The number of fused-ring (bicyclic) bond motifs is 2. The topological polar surface area (TPSA) is 85.0 Å². The van der Waals surface area contributed by atoms with Crippen LogP contribution in [0.3, 0.4) is 0 Å². The van der Waals surface area contributed by atoms with Gasteiger partial charge in [0.2, 0.25) is 5.75 Å². The second kappa shape index (κ2) is 10.3. The van der Waals surface area contributed by atoms with E-state index in [-0.39, 0.29) is 5.43 Å². The van der Waals surface area contributed by atoms with E-state index in [1.165, 1.54) is 27.4 Å². The zero-order valence-corrected chi connectivity index (χ0v) is 21.2. The molecule has 5 rings (SSSR count). The first-order valence-electron chi connectivity index (χ1n) is 12.0. The van der Waals surface area contributed by atoms with Gasteiger partial charge in [0.05, 0.1) is 44.4 Å². The Labute approximate surface area is 214 Å². The van der Waals surface area contributed by atoms with Crippen molar-refractivity contribution in [1.82, 2.24) is 9.55 Å². The van der Waals surface area contributed by atoms with E-state index < -0.39 is 0 Å². The van der Waals surface area contributed by atoms with Crippen LogP contribution in [0, 0.1) is 6.92 Å². The summed E-state index contributed by atoms with van der Waals surface area (Å²) < 4.78 is 30.6. The first-order chi connectivity index (χ1) is 18.0. The maximum absolute atomic E-state index is 12.9. The molecular weight excluding hydrogens is 472 g/mol. The highest BCUT2D eigenvalue weighted by molar-refractivity contribution is 5.81. The fraction of sp³-hybridized carbons (Fsp3) is 0.241. The normalized spacial score (nSPS) is 11.1. The highest BCUT2D eigenvalue weighted by Crippen LogP contribution is 2.41. The number of nitrogens with zero attached hydrogens (tertiary/aromatic N) is 2. The lowest BCUT2D eigenvalue weighted by Gasteiger charge is -2.14. The SMILES string of the molecule is COc1cc(-c2cc(=O)c3ccc(OCCCn4c(C)nc5ccccc54)cc3o2)cc(OC)c1OC. The molecule has 2 aromatic heterocycles. The van der Waals surface area contributed by atoms with Gasteiger partial charge in [-0.05, 0) is 49.7 Å². The van der Waals surface area contributed by atoms with E-state index in [0.29, 0.717) is 51.9 Å². The summed E-state index contributed by atoms with van der Waals surface area (Å²) in [6, 6.07) is 18.3. The molecule has 3 aromatic carbocycles. The Hall–Kier alpha value is -4.46. The number of rotatable bonds is 9. The second-order valence-corrected chi connectivity index (χ2v) is 8.55. The summed E-state index contributed by atoms with van der Waals surface area (Å²) in [4.78, 5) is 17.5. The molecule has 0 spiro atoms. The van der Waals surface area contributed by atoms with E-state index in [2.05, 4.69) is 15.6 Å². The molecule has 8 nitrogen and oxygen atoms in total. The van der Waals surface area contributed by atoms with Gasteiger partial charge in [-0.25, -0.2) is 4.98 Å². The zero-order chi connectivity index (χ0) is 25.9. The Morgan fingerprint density at radius 2 is 1.68 bits per heavy atom. The molecule has 0 saturated carbocycles. The molecule has 0 unspecified atom stereocenters. The molecule has 0 bridgehead atoms. The van der Waals surface area contributed by atoms with Crippen LogP contribution in [-0.2, 0) is 6.54 Å². The minimum atomic E-state index is -0.154. The third-order valence-corrected chi connectivity index (χ3v) is 6.29. The molecule has 0 N–H and O–H groups in total. The highest BCUT2D eigenvalue weighted by Gasteiger charge is 2.17. The number of aryl methyl sites for hydroxylation is 2. The average Bonchev–Trinajstić information content (AvgIpc) is 3.24. The summed E-state index contributed by atoms with van der Waals surface area (Å²) >= 11 is 0. The molecule has 0 aliphatic rings. The zero-order valence-electron chi connectivity index (χ0n) is 21.2. The molecule has 0 saturated heterocycles. The summed E-state index contributed by atoms with van der Waals surface area (Å²) in [7, 11) is 4.62. The number of ether oxygens (including phenoxy) is 4. The Kier molecular flexibility index (Phi) is 6.72. The molecule has 0 aliphatic carbocycles. The summed E-state index contributed by atoms with van der Waals surface area (Å²) in [5, 5.41) is 0.476. The van der Waals surface area contributed by atoms with Gasteiger partial charge in [-0.3, -0.25) is 4.79 Å². The lowest BCUT2D eigenvalue weighted by Crippen LogP contribution is -2.06. The lowest BCUT2D eigenvalue weighted by atomic mass is 10.1. The van der Waals surface area contributed by atoms with Crippen molar-refractivity contribution >= 4 is 22.0 Å². The molecule has 0 fully saturated rings. The van der Waals surface area contributed by atoms with Crippen molar-refractivity contribution < 1.29 is 23.4 Å². The number of aromatic nitrogens is 2. The van der Waals surface area contributed by atoms with Crippen LogP contribution < -0.4 is 24.4 Å². The monoisotopic (exact) mass is 500 g/mol. The Morgan fingerprint density at radius 3 is 2.41 bits per heavy atom. The third kappa shape index (κ3) is 4.70. The Morgan fingerprint density at radius 1 is 0.919 bits per heavy atom. The van der Waals surface area contributed by atoms with E-state index in [1.54, 1.807) is 30.3 Å². The van der Waals surface area contributed by atoms with Crippen molar-refractivity contribution in [3.05, 3.63) is 76.7 Å². The van der Waals surface area contributed by atoms with E-state index >= 15 is 0 Å². The minimum Gasteiger partial charge on any atom is -0.493 e. The molecular formula is C29H28N2O6. The molecule has 0 aliphatic heterocycles. The largest absolute Gasteiger partial charge is 0.493 e. The summed E-state index contributed by atoms with van der Waals surface area (Å²) in [6.45, 7) is 3.31. The standard InChI is InChI=1S/C29H28N2O6/c1-18-30-22-8-5-6-9-23(22)31(18)12-7-13-36-20-10-11-21-24(32)17-25(37-26(21)16-20)19-14-27(33-2)29(35-4)28(15-19)34-3/h5-6,8-11,14-17H,7,12-13H2,1-4H3. The van der Waals surface area contributed by atoms with E-state index in [4.69, 9.17) is 23.4 Å². The maximum atomic E-state index is 12.9. The van der Waals surface area contributed by atoms with Crippen molar-refractivity contribution in [3.63, 3.8) is 0 Å². The van der Waals surface area contributed by atoms with Crippen LogP contribution in [0.4, 0.5) is 0 Å². The Balaban J connectivity index is 1.36. The van der Waals surface area contributed by atoms with Crippen LogP contribution in [0.25, 0.3) is 33.3 Å². The summed E-state index contributed by atoms with van der Waals surface area (Å²) in [5.74, 6) is 3.40. The van der Waals surface area contributed by atoms with E-state index in [1.807, 2.05) is 25.1 Å². The molecule has 5 aromatic rings. The number of hydrogen-bond donors (Lipinski definition) is 0. The van der Waals surface area contributed by atoms with Crippen LogP contribution >= 0.6 is 0 Å². The van der Waals surface area contributed by atoms with Gasteiger partial charge >= 0.3 is 0 Å². The molecule has 2 heterocycles. The smallest absolute Gasteiger partial charge is 0.203 e. The van der Waals surface area contributed by atoms with Gasteiger partial charge in [-0.1, -0.05) is 12.1 Å². The van der Waals surface area contributed by atoms with Crippen molar-refractivity contribution in [2.45, 2.75) is 19.9 Å². The predicted octanol–water partition coefficient (Wildman–Crippen LogP) is 5.61. The highest BCUT2D eigenvalue weighted by atomic mass is 16.5. The second-order valence-electron chi connectivity index (χ2n) is 8.55. The van der Waals surface area contributed by atoms with Gasteiger partial charge in [-0.15, -0.1) is 0 Å². The average molecular weight is 501 g/mol. The van der Waals surface area contributed by atoms with Crippen molar-refractivity contribution in [2.24, 2.45) is 0 Å². The molecule has 0 atom stereocenters. The first kappa shape index (κ1) is 24.2. The molecule has 190 valence electrons. The maximum Gasteiger partial charge on any atom is 0.203 e. The van der Waals surface area contributed by atoms with Gasteiger partial charge in [0.25, 0.3) is 0 Å². The number of benzene rings is 3. The van der Waals surface area contributed by atoms with E-state index in [0.717, 1.165) is 29.8 Å². The number of methoxy groups -OCH3 is 3. The lowest BCUT2D eigenvalue weighted by molar-refractivity contribution is 0.302. The fourth-order valence-electron chi connectivity index (χ4n) is 4.48. The quantitative estimate of drug-likeness (QED) is 0.243. The van der Waals surface area contributed by atoms with Crippen LogP contribution in [0.5, 0.6) is 23.0 Å². The number of imidazole rings is 1. The minimum absolute atomic E-state index is 0.154. The van der Waals surface area contributed by atoms with Crippen LogP contribution in [-0.4, -0.2) is 37.5 Å². The summed E-state index contributed by atoms with van der Waals surface area (Å²) in [5.41, 5.74) is 3.02. The molecule has 37 heavy (non-hydrogen) atoms. The van der Waals surface area contributed by atoms with Crippen LogP contribution in [0.15, 0.2) is 69.9 Å². The fourth-order valence-corrected chi connectivity index (χ4v) is 4.48. The Bertz CT molecular complexity index is 1610. The molecule has 0 radical (unpaired) electrons. The van der Waals surface area contributed by atoms with Gasteiger partial charge < -0.3 is 27.9 Å². The molecule has 0 amide bonds. The number of para-hydroxylation sites is 2. The first-order valence-corrected chi connectivity index (χ1v) is 12.0. The van der Waals surface area contributed by atoms with Crippen molar-refractivity contribution in [3.8, 4) is 34.3 Å². The van der Waals surface area contributed by atoms with Gasteiger partial charge in [0, 0.05) is 24.2 Å². The van der Waals surface area contributed by atoms with Gasteiger partial charge in [-0.2, -0.15) is 0 Å². The number of hydrogen-bond acceptors (Lipinski definition) is 7. The van der Waals surface area contributed by atoms with E-state index in [9.17, 15) is 4.79 Å². The van der Waals surface area contributed by atoms with Crippen LogP contribution in [0.1, 0.15) is 12.2 Å². The van der Waals surface area contributed by atoms with Crippen molar-refractivity contribution in [1.29, 1.82) is 0 Å². The van der Waals surface area contributed by atoms with Crippen molar-refractivity contribution in [2.75, 3.05) is 27.9 Å². The van der Waals surface area contributed by atoms with Gasteiger partial charge in [0.15, 0.2) is 16.9 Å². The predicted molar refractivity (Wildman–Crippen MR) is 142 cm³/mol. The van der Waals surface area contributed by atoms with Gasteiger partial charge in [0.1, 0.15) is 22.9 Å².